The van der Waals surface area contributed by atoms with Gasteiger partial charge in [-0.2, -0.15) is 0 Å². The van der Waals surface area contributed by atoms with Crippen molar-refractivity contribution >= 4 is 11.6 Å². The topological polar surface area (TPSA) is 35.6 Å². The van der Waals surface area contributed by atoms with Crippen molar-refractivity contribution in [2.24, 2.45) is 0 Å². The highest BCUT2D eigenvalue weighted by Gasteiger charge is 2.21. The lowest BCUT2D eigenvalue weighted by atomic mass is 10.1. The van der Waals surface area contributed by atoms with E-state index in [4.69, 9.17) is 0 Å². The average Bonchev–Trinajstić information content (AvgIpc) is 2.47. The molecule has 0 radical (unpaired) electrons. The summed E-state index contributed by atoms with van der Waals surface area (Å²) < 4.78 is 0. The minimum atomic E-state index is 0.156. The summed E-state index contributed by atoms with van der Waals surface area (Å²) in [6, 6.07) is 10.3. The Bertz CT molecular complexity index is 407. The Balaban J connectivity index is 1.90. The summed E-state index contributed by atoms with van der Waals surface area (Å²) in [5.74, 6) is 0.156. The summed E-state index contributed by atoms with van der Waals surface area (Å²) in [5, 5.41) is 3.30. The van der Waals surface area contributed by atoms with Gasteiger partial charge >= 0.3 is 0 Å². The Labute approximate surface area is 115 Å². The van der Waals surface area contributed by atoms with E-state index in [0.29, 0.717) is 12.6 Å². The van der Waals surface area contributed by atoms with Crippen LogP contribution in [0, 0.1) is 0 Å². The number of likely N-dealkylation sites (tertiary alicyclic amines) is 1. The standard InChI is InChI=1S/C15H23N3O/c1-16-13-7-6-10-18(11-13)12-15(19)17(2)14-8-4-3-5-9-14/h3-5,8-9,13,16H,6-7,10-12H2,1-2H3. The van der Waals surface area contributed by atoms with Crippen LogP contribution in [-0.2, 0) is 4.79 Å². The normalized spacial score (nSPS) is 20.2. The lowest BCUT2D eigenvalue weighted by Gasteiger charge is -2.33. The summed E-state index contributed by atoms with van der Waals surface area (Å²) in [6.45, 7) is 2.49. The number of piperidine rings is 1. The maximum Gasteiger partial charge on any atom is 0.240 e. The molecule has 1 N–H and O–H groups in total. The fourth-order valence-corrected chi connectivity index (χ4v) is 2.53. The molecule has 1 atom stereocenters. The molecule has 0 bridgehead atoms. The van der Waals surface area contributed by atoms with E-state index in [2.05, 4.69) is 10.2 Å². The molecule has 1 saturated heterocycles. The van der Waals surface area contributed by atoms with E-state index in [-0.39, 0.29) is 5.91 Å². The first-order valence-electron chi connectivity index (χ1n) is 6.92. The molecule has 1 amide bonds. The van der Waals surface area contributed by atoms with Crippen LogP contribution in [0.1, 0.15) is 12.8 Å². The van der Waals surface area contributed by atoms with Crippen LogP contribution in [-0.4, -0.2) is 50.6 Å². The molecule has 2 rings (SSSR count). The molecule has 1 fully saturated rings. The number of amides is 1. The molecular weight excluding hydrogens is 238 g/mol. The number of benzene rings is 1. The van der Waals surface area contributed by atoms with Gasteiger partial charge in [-0.3, -0.25) is 9.69 Å². The molecule has 0 aromatic heterocycles. The van der Waals surface area contributed by atoms with Gasteiger partial charge in [0.2, 0.25) is 5.91 Å². The number of hydrogen-bond acceptors (Lipinski definition) is 3. The minimum Gasteiger partial charge on any atom is -0.316 e. The Morgan fingerprint density at radius 1 is 1.42 bits per heavy atom. The van der Waals surface area contributed by atoms with Gasteiger partial charge in [0.25, 0.3) is 0 Å². The van der Waals surface area contributed by atoms with Crippen molar-refractivity contribution < 1.29 is 4.79 Å². The highest BCUT2D eigenvalue weighted by molar-refractivity contribution is 5.94. The predicted octanol–water partition coefficient (Wildman–Crippen LogP) is 1.33. The zero-order chi connectivity index (χ0) is 13.7. The molecule has 1 heterocycles. The van der Waals surface area contributed by atoms with E-state index in [9.17, 15) is 4.79 Å². The highest BCUT2D eigenvalue weighted by atomic mass is 16.2. The number of carbonyl (C=O) groups is 1. The molecule has 1 aliphatic heterocycles. The maximum atomic E-state index is 12.3. The second kappa shape index (κ2) is 6.68. The van der Waals surface area contributed by atoms with Crippen LogP contribution < -0.4 is 10.2 Å². The Morgan fingerprint density at radius 2 is 2.16 bits per heavy atom. The zero-order valence-corrected chi connectivity index (χ0v) is 11.8. The fraction of sp³-hybridized carbons (Fsp3) is 0.533. The van der Waals surface area contributed by atoms with Gasteiger partial charge in [-0.15, -0.1) is 0 Å². The fourth-order valence-electron chi connectivity index (χ4n) is 2.53. The van der Waals surface area contributed by atoms with Gasteiger partial charge in [-0.05, 0) is 38.6 Å². The minimum absolute atomic E-state index is 0.156. The second-order valence-corrected chi connectivity index (χ2v) is 5.15. The van der Waals surface area contributed by atoms with Gasteiger partial charge < -0.3 is 10.2 Å². The summed E-state index contributed by atoms with van der Waals surface area (Å²) in [6.07, 6.45) is 2.36. The van der Waals surface area contributed by atoms with Crippen LogP contribution in [0.4, 0.5) is 5.69 Å². The van der Waals surface area contributed by atoms with Gasteiger partial charge in [0.05, 0.1) is 6.54 Å². The van der Waals surface area contributed by atoms with E-state index in [1.165, 1.54) is 6.42 Å². The maximum absolute atomic E-state index is 12.3. The van der Waals surface area contributed by atoms with E-state index in [1.807, 2.05) is 44.4 Å². The van der Waals surface area contributed by atoms with Gasteiger partial charge in [0, 0.05) is 25.3 Å². The Morgan fingerprint density at radius 3 is 2.84 bits per heavy atom. The smallest absolute Gasteiger partial charge is 0.240 e. The number of nitrogens with zero attached hydrogens (tertiary/aromatic N) is 2. The van der Waals surface area contributed by atoms with Crippen molar-refractivity contribution in [1.29, 1.82) is 0 Å². The molecule has 19 heavy (non-hydrogen) atoms. The van der Waals surface area contributed by atoms with Crippen LogP contribution in [0.25, 0.3) is 0 Å². The first-order chi connectivity index (χ1) is 9.20. The quantitative estimate of drug-likeness (QED) is 0.888. The van der Waals surface area contributed by atoms with Crippen molar-refractivity contribution in [3.63, 3.8) is 0 Å². The number of hydrogen-bond donors (Lipinski definition) is 1. The number of anilines is 1. The summed E-state index contributed by atoms with van der Waals surface area (Å²) in [4.78, 5) is 16.3. The van der Waals surface area contributed by atoms with Crippen LogP contribution in [0.5, 0.6) is 0 Å². The van der Waals surface area contributed by atoms with E-state index >= 15 is 0 Å². The number of rotatable bonds is 4. The van der Waals surface area contributed by atoms with Crippen LogP contribution in [0.3, 0.4) is 0 Å². The molecule has 4 heteroatoms. The van der Waals surface area contributed by atoms with Crippen LogP contribution in [0.2, 0.25) is 0 Å². The molecule has 104 valence electrons. The third-order valence-electron chi connectivity index (χ3n) is 3.79. The lowest BCUT2D eigenvalue weighted by Crippen LogP contribution is -2.48. The first kappa shape index (κ1) is 14.0. The first-order valence-corrected chi connectivity index (χ1v) is 6.92. The molecule has 1 unspecified atom stereocenters. The second-order valence-electron chi connectivity index (χ2n) is 5.15. The van der Waals surface area contributed by atoms with Crippen molar-refractivity contribution in [1.82, 2.24) is 10.2 Å². The van der Waals surface area contributed by atoms with Crippen molar-refractivity contribution in [2.45, 2.75) is 18.9 Å². The molecule has 0 spiro atoms. The van der Waals surface area contributed by atoms with E-state index in [1.54, 1.807) is 4.90 Å². The van der Waals surface area contributed by atoms with Crippen molar-refractivity contribution in [3.8, 4) is 0 Å². The van der Waals surface area contributed by atoms with Gasteiger partial charge in [-0.1, -0.05) is 18.2 Å². The van der Waals surface area contributed by atoms with Crippen LogP contribution >= 0.6 is 0 Å². The third kappa shape index (κ3) is 3.78. The van der Waals surface area contributed by atoms with Gasteiger partial charge in [0.15, 0.2) is 0 Å². The number of likely N-dealkylation sites (N-methyl/N-ethyl adjacent to an activating group) is 2. The van der Waals surface area contributed by atoms with E-state index in [0.717, 1.165) is 25.2 Å². The summed E-state index contributed by atoms with van der Waals surface area (Å²) in [7, 11) is 3.84. The molecule has 1 aromatic carbocycles. The largest absolute Gasteiger partial charge is 0.316 e. The zero-order valence-electron chi connectivity index (χ0n) is 11.8. The molecule has 0 aliphatic carbocycles. The Kier molecular flexibility index (Phi) is 4.93. The summed E-state index contributed by atoms with van der Waals surface area (Å²) in [5.41, 5.74) is 0.953. The highest BCUT2D eigenvalue weighted by Crippen LogP contribution is 2.13. The molecule has 1 aliphatic rings. The molecular formula is C15H23N3O. The molecule has 4 nitrogen and oxygen atoms in total. The molecule has 1 aromatic rings. The van der Waals surface area contributed by atoms with E-state index < -0.39 is 0 Å². The number of nitrogens with one attached hydrogen (secondary N) is 1. The monoisotopic (exact) mass is 261 g/mol. The van der Waals surface area contributed by atoms with Gasteiger partial charge in [0.1, 0.15) is 0 Å². The third-order valence-corrected chi connectivity index (χ3v) is 3.79. The lowest BCUT2D eigenvalue weighted by molar-refractivity contribution is -0.119. The molecule has 0 saturated carbocycles. The van der Waals surface area contributed by atoms with Crippen LogP contribution in [0.15, 0.2) is 30.3 Å². The average molecular weight is 261 g/mol. The summed E-state index contributed by atoms with van der Waals surface area (Å²) >= 11 is 0. The number of para-hydroxylation sites is 1. The SMILES string of the molecule is CNC1CCCN(CC(=O)N(C)c2ccccc2)C1. The van der Waals surface area contributed by atoms with Gasteiger partial charge in [-0.25, -0.2) is 0 Å². The Hall–Kier alpha value is -1.39. The van der Waals surface area contributed by atoms with Crippen molar-refractivity contribution in [3.05, 3.63) is 30.3 Å². The van der Waals surface area contributed by atoms with Crippen molar-refractivity contribution in [2.75, 3.05) is 38.6 Å². The predicted molar refractivity (Wildman–Crippen MR) is 78.4 cm³/mol. The number of carbonyl (C=O) groups excluding carboxylic acids is 1.